The van der Waals surface area contributed by atoms with Crippen molar-refractivity contribution in [1.82, 2.24) is 10.2 Å². The summed E-state index contributed by atoms with van der Waals surface area (Å²) in [5.41, 5.74) is 0.697. The normalized spacial score (nSPS) is 17.1. The van der Waals surface area contributed by atoms with Crippen LogP contribution in [0, 0.1) is 0 Å². The molecule has 1 unspecified atom stereocenters. The Kier molecular flexibility index (Phi) is 4.76. The minimum atomic E-state index is -0.536. The third kappa shape index (κ3) is 3.45. The number of rotatable bonds is 4. The second kappa shape index (κ2) is 6.54. The topological polar surface area (TPSA) is 61.8 Å². The summed E-state index contributed by atoms with van der Waals surface area (Å²) >= 11 is 0. The first kappa shape index (κ1) is 13.8. The van der Waals surface area contributed by atoms with E-state index >= 15 is 0 Å². The lowest BCUT2D eigenvalue weighted by molar-refractivity contribution is -0.138. The molecule has 2 rings (SSSR count). The summed E-state index contributed by atoms with van der Waals surface area (Å²) in [7, 11) is 0. The van der Waals surface area contributed by atoms with Crippen LogP contribution in [0.4, 0.5) is 0 Å². The van der Waals surface area contributed by atoms with E-state index in [0.29, 0.717) is 24.4 Å². The molecule has 0 bridgehead atoms. The predicted octanol–water partition coefficient (Wildman–Crippen LogP) is 0.378. The quantitative estimate of drug-likeness (QED) is 0.825. The van der Waals surface area contributed by atoms with Crippen LogP contribution in [0.3, 0.4) is 0 Å². The molecule has 5 nitrogen and oxygen atoms in total. The molecule has 0 aromatic heterocycles. The summed E-state index contributed by atoms with van der Waals surface area (Å²) in [6, 6.07) is 7.22. The summed E-state index contributed by atoms with van der Waals surface area (Å²) in [6.07, 6.45) is -0.536. The van der Waals surface area contributed by atoms with Gasteiger partial charge in [0.25, 0.3) is 5.91 Å². The molecule has 5 heteroatoms. The van der Waals surface area contributed by atoms with E-state index in [1.54, 1.807) is 19.1 Å². The van der Waals surface area contributed by atoms with Gasteiger partial charge in [-0.1, -0.05) is 18.2 Å². The highest BCUT2D eigenvalue weighted by atomic mass is 16.5. The highest BCUT2D eigenvalue weighted by molar-refractivity contribution is 5.81. The zero-order valence-electron chi connectivity index (χ0n) is 11.1. The zero-order valence-corrected chi connectivity index (χ0v) is 11.1. The van der Waals surface area contributed by atoms with E-state index in [0.717, 1.165) is 13.1 Å². The van der Waals surface area contributed by atoms with Crippen molar-refractivity contribution in [1.29, 1.82) is 0 Å². The van der Waals surface area contributed by atoms with E-state index in [1.165, 1.54) is 0 Å². The molecule has 0 aliphatic carbocycles. The van der Waals surface area contributed by atoms with Crippen LogP contribution < -0.4 is 10.1 Å². The Morgan fingerprint density at radius 1 is 1.42 bits per heavy atom. The monoisotopic (exact) mass is 264 g/mol. The van der Waals surface area contributed by atoms with Gasteiger partial charge in [-0.2, -0.15) is 0 Å². The molecule has 1 aromatic rings. The molecule has 0 saturated carbocycles. The smallest absolute Gasteiger partial charge is 0.263 e. The third-order valence-corrected chi connectivity index (χ3v) is 3.22. The fraction of sp³-hybridized carbons (Fsp3) is 0.500. The largest absolute Gasteiger partial charge is 0.481 e. The SMILES string of the molecule is CC(Oc1ccccc1CO)C(=O)N1CCNCC1. The number of para-hydroxylation sites is 1. The molecule has 0 radical (unpaired) electrons. The minimum absolute atomic E-state index is 0.00533. The summed E-state index contributed by atoms with van der Waals surface area (Å²) in [5, 5.41) is 12.4. The number of benzene rings is 1. The standard InChI is InChI=1S/C14H20N2O3/c1-11(14(18)16-8-6-15-7-9-16)19-13-5-3-2-4-12(13)10-17/h2-5,11,15,17H,6-10H2,1H3. The van der Waals surface area contributed by atoms with Crippen molar-refractivity contribution in [2.24, 2.45) is 0 Å². The van der Waals surface area contributed by atoms with Crippen LogP contribution in [0.25, 0.3) is 0 Å². The number of hydrogen-bond donors (Lipinski definition) is 2. The Labute approximate surface area is 113 Å². The van der Waals surface area contributed by atoms with Crippen molar-refractivity contribution in [2.45, 2.75) is 19.6 Å². The Hall–Kier alpha value is -1.59. The first-order valence-electron chi connectivity index (χ1n) is 6.57. The maximum Gasteiger partial charge on any atom is 0.263 e. The van der Waals surface area contributed by atoms with Gasteiger partial charge in [-0.05, 0) is 13.0 Å². The number of aliphatic hydroxyl groups excluding tert-OH is 1. The number of nitrogens with one attached hydrogen (secondary N) is 1. The molecule has 104 valence electrons. The zero-order chi connectivity index (χ0) is 13.7. The summed E-state index contributed by atoms with van der Waals surface area (Å²) in [5.74, 6) is 0.565. The Morgan fingerprint density at radius 3 is 2.79 bits per heavy atom. The molecule has 1 heterocycles. The molecule has 1 aliphatic heterocycles. The van der Waals surface area contributed by atoms with Gasteiger partial charge in [0.05, 0.1) is 6.61 Å². The molecule has 1 amide bonds. The van der Waals surface area contributed by atoms with Crippen LogP contribution in [0.2, 0.25) is 0 Å². The highest BCUT2D eigenvalue weighted by Crippen LogP contribution is 2.19. The average Bonchev–Trinajstić information content (AvgIpc) is 2.48. The maximum atomic E-state index is 12.2. The maximum absolute atomic E-state index is 12.2. The predicted molar refractivity (Wildman–Crippen MR) is 71.9 cm³/mol. The highest BCUT2D eigenvalue weighted by Gasteiger charge is 2.23. The number of piperazine rings is 1. The van der Waals surface area contributed by atoms with Gasteiger partial charge >= 0.3 is 0 Å². The number of ether oxygens (including phenoxy) is 1. The van der Waals surface area contributed by atoms with E-state index in [2.05, 4.69) is 5.32 Å². The molecule has 1 atom stereocenters. The van der Waals surface area contributed by atoms with E-state index < -0.39 is 6.10 Å². The van der Waals surface area contributed by atoms with E-state index in [1.807, 2.05) is 17.0 Å². The first-order chi connectivity index (χ1) is 9.22. The van der Waals surface area contributed by atoms with Crippen LogP contribution in [-0.4, -0.2) is 48.2 Å². The summed E-state index contributed by atoms with van der Waals surface area (Å²) in [4.78, 5) is 14.0. The van der Waals surface area contributed by atoms with Crippen LogP contribution in [0.5, 0.6) is 5.75 Å². The number of nitrogens with zero attached hydrogens (tertiary/aromatic N) is 1. The van der Waals surface area contributed by atoms with Crippen LogP contribution in [0.15, 0.2) is 24.3 Å². The fourth-order valence-electron chi connectivity index (χ4n) is 2.13. The van der Waals surface area contributed by atoms with Gasteiger partial charge in [0.2, 0.25) is 0 Å². The van der Waals surface area contributed by atoms with Gasteiger partial charge in [-0.15, -0.1) is 0 Å². The summed E-state index contributed by atoms with van der Waals surface area (Å²) in [6.45, 7) is 4.74. The lowest BCUT2D eigenvalue weighted by Crippen LogP contribution is -2.50. The number of hydrogen-bond acceptors (Lipinski definition) is 4. The Balaban J connectivity index is 1.99. The van der Waals surface area contributed by atoms with Gasteiger partial charge in [-0.3, -0.25) is 4.79 Å². The Bertz CT molecular complexity index is 430. The number of carbonyl (C=O) groups is 1. The molecule has 1 fully saturated rings. The van der Waals surface area contributed by atoms with Crippen molar-refractivity contribution in [3.8, 4) is 5.75 Å². The van der Waals surface area contributed by atoms with Crippen LogP contribution >= 0.6 is 0 Å². The molecule has 0 spiro atoms. The lowest BCUT2D eigenvalue weighted by Gasteiger charge is -2.30. The second-order valence-corrected chi connectivity index (χ2v) is 4.60. The molecular formula is C14H20N2O3. The van der Waals surface area contributed by atoms with Gasteiger partial charge in [0.1, 0.15) is 5.75 Å². The Morgan fingerprint density at radius 2 is 2.11 bits per heavy atom. The molecule has 19 heavy (non-hydrogen) atoms. The van der Waals surface area contributed by atoms with Crippen molar-refractivity contribution < 1.29 is 14.6 Å². The third-order valence-electron chi connectivity index (χ3n) is 3.22. The van der Waals surface area contributed by atoms with Crippen molar-refractivity contribution >= 4 is 5.91 Å². The molecule has 1 aromatic carbocycles. The minimum Gasteiger partial charge on any atom is -0.481 e. The fourth-order valence-corrected chi connectivity index (χ4v) is 2.13. The number of carbonyl (C=O) groups excluding carboxylic acids is 1. The van der Waals surface area contributed by atoms with E-state index in [9.17, 15) is 9.90 Å². The molecule has 1 saturated heterocycles. The van der Waals surface area contributed by atoms with E-state index in [-0.39, 0.29) is 12.5 Å². The number of amides is 1. The van der Waals surface area contributed by atoms with Crippen molar-refractivity contribution in [3.63, 3.8) is 0 Å². The van der Waals surface area contributed by atoms with Crippen LogP contribution in [0.1, 0.15) is 12.5 Å². The second-order valence-electron chi connectivity index (χ2n) is 4.60. The lowest BCUT2D eigenvalue weighted by atomic mass is 10.2. The van der Waals surface area contributed by atoms with Crippen LogP contribution in [-0.2, 0) is 11.4 Å². The summed E-state index contributed by atoms with van der Waals surface area (Å²) < 4.78 is 5.68. The molecule has 2 N–H and O–H groups in total. The first-order valence-corrected chi connectivity index (χ1v) is 6.57. The molecular weight excluding hydrogens is 244 g/mol. The van der Waals surface area contributed by atoms with E-state index in [4.69, 9.17) is 4.74 Å². The van der Waals surface area contributed by atoms with Gasteiger partial charge in [0.15, 0.2) is 6.10 Å². The van der Waals surface area contributed by atoms with Gasteiger partial charge in [0, 0.05) is 31.7 Å². The van der Waals surface area contributed by atoms with Gasteiger partial charge < -0.3 is 20.1 Å². The van der Waals surface area contributed by atoms with Crippen molar-refractivity contribution in [2.75, 3.05) is 26.2 Å². The number of aliphatic hydroxyl groups is 1. The average molecular weight is 264 g/mol. The van der Waals surface area contributed by atoms with Gasteiger partial charge in [-0.25, -0.2) is 0 Å². The van der Waals surface area contributed by atoms with Crippen molar-refractivity contribution in [3.05, 3.63) is 29.8 Å². The molecule has 1 aliphatic rings.